The van der Waals surface area contributed by atoms with Gasteiger partial charge in [0.25, 0.3) is 0 Å². The van der Waals surface area contributed by atoms with Gasteiger partial charge in [-0.2, -0.15) is 0 Å². The van der Waals surface area contributed by atoms with Gasteiger partial charge in [-0.15, -0.1) is 0 Å². The van der Waals surface area contributed by atoms with Gasteiger partial charge in [0, 0.05) is 13.0 Å². The molecule has 1 saturated heterocycles. The standard InChI is InChI=1S/C14H14N2O5/c1-20-14(19)8-4-13(18)16(6-8)12-3-2-11-10(15-12)5-9(17)7-21-11/h2-3,8H,4-7H2,1H3. The van der Waals surface area contributed by atoms with Crippen molar-refractivity contribution in [1.82, 2.24) is 4.98 Å². The van der Waals surface area contributed by atoms with E-state index in [1.54, 1.807) is 12.1 Å². The lowest BCUT2D eigenvalue weighted by atomic mass is 10.1. The maximum absolute atomic E-state index is 12.0. The zero-order chi connectivity index (χ0) is 15.0. The molecule has 0 saturated carbocycles. The van der Waals surface area contributed by atoms with Crippen LogP contribution in [0.25, 0.3) is 0 Å². The van der Waals surface area contributed by atoms with Crippen molar-refractivity contribution in [3.05, 3.63) is 17.8 Å². The van der Waals surface area contributed by atoms with Crippen molar-refractivity contribution in [2.24, 2.45) is 5.92 Å². The van der Waals surface area contributed by atoms with Crippen LogP contribution in [-0.4, -0.2) is 42.9 Å². The molecule has 0 spiro atoms. The highest BCUT2D eigenvalue weighted by Crippen LogP contribution is 2.29. The van der Waals surface area contributed by atoms with Crippen LogP contribution in [0, 0.1) is 5.92 Å². The van der Waals surface area contributed by atoms with E-state index in [0.29, 0.717) is 17.3 Å². The lowest BCUT2D eigenvalue weighted by molar-refractivity contribution is -0.145. The Bertz CT molecular complexity index is 628. The molecule has 1 aromatic heterocycles. The zero-order valence-electron chi connectivity index (χ0n) is 11.5. The van der Waals surface area contributed by atoms with Gasteiger partial charge >= 0.3 is 5.97 Å². The second kappa shape index (κ2) is 5.16. The fraction of sp³-hybridized carbons (Fsp3) is 0.429. The Morgan fingerprint density at radius 3 is 3.00 bits per heavy atom. The summed E-state index contributed by atoms with van der Waals surface area (Å²) in [5.41, 5.74) is 0.526. The van der Waals surface area contributed by atoms with Gasteiger partial charge < -0.3 is 9.47 Å². The Kier molecular flexibility index (Phi) is 3.32. The number of carbonyl (C=O) groups excluding carboxylic acids is 3. The third-order valence-electron chi connectivity index (χ3n) is 3.61. The number of hydrogen-bond acceptors (Lipinski definition) is 6. The van der Waals surface area contributed by atoms with Crippen molar-refractivity contribution in [3.63, 3.8) is 0 Å². The minimum absolute atomic E-state index is 0.0488. The fourth-order valence-electron chi connectivity index (χ4n) is 2.54. The smallest absolute Gasteiger partial charge is 0.311 e. The SMILES string of the molecule is COC(=O)C1CC(=O)N(c2ccc3c(n2)CC(=O)CO3)C1. The maximum atomic E-state index is 12.0. The number of carbonyl (C=O) groups is 3. The molecule has 0 N–H and O–H groups in total. The minimum Gasteiger partial charge on any atom is -0.484 e. The van der Waals surface area contributed by atoms with Crippen LogP contribution in [0.15, 0.2) is 12.1 Å². The average Bonchev–Trinajstić information content (AvgIpc) is 2.87. The molecule has 3 rings (SSSR count). The third-order valence-corrected chi connectivity index (χ3v) is 3.61. The van der Waals surface area contributed by atoms with Gasteiger partial charge in [0.2, 0.25) is 5.91 Å². The van der Waals surface area contributed by atoms with Crippen LogP contribution in [-0.2, 0) is 25.5 Å². The molecule has 0 radical (unpaired) electrons. The molecule has 7 heteroatoms. The molecule has 1 atom stereocenters. The summed E-state index contributed by atoms with van der Waals surface area (Å²) in [4.78, 5) is 40.7. The zero-order valence-corrected chi connectivity index (χ0v) is 11.5. The first-order chi connectivity index (χ1) is 10.1. The first kappa shape index (κ1) is 13.5. The monoisotopic (exact) mass is 290 g/mol. The molecule has 0 aliphatic carbocycles. The Balaban J connectivity index is 1.84. The van der Waals surface area contributed by atoms with E-state index in [1.807, 2.05) is 0 Å². The molecule has 1 aromatic rings. The van der Waals surface area contributed by atoms with Crippen molar-refractivity contribution in [1.29, 1.82) is 0 Å². The largest absolute Gasteiger partial charge is 0.484 e. The number of nitrogens with zero attached hydrogens (tertiary/aromatic N) is 2. The number of fused-ring (bicyclic) bond motifs is 1. The Labute approximate surface area is 120 Å². The summed E-state index contributed by atoms with van der Waals surface area (Å²) in [6, 6.07) is 3.36. The first-order valence-electron chi connectivity index (χ1n) is 6.61. The number of anilines is 1. The Hall–Kier alpha value is -2.44. The van der Waals surface area contributed by atoms with E-state index in [4.69, 9.17) is 4.74 Å². The number of hydrogen-bond donors (Lipinski definition) is 0. The van der Waals surface area contributed by atoms with Crippen LogP contribution >= 0.6 is 0 Å². The highest BCUT2D eigenvalue weighted by molar-refractivity contribution is 5.98. The number of pyridine rings is 1. The third kappa shape index (κ3) is 2.46. The van der Waals surface area contributed by atoms with Gasteiger partial charge in [-0.3, -0.25) is 19.3 Å². The number of aromatic nitrogens is 1. The second-order valence-corrected chi connectivity index (χ2v) is 5.05. The molecule has 0 bridgehead atoms. The summed E-state index contributed by atoms with van der Waals surface area (Å²) in [6.07, 6.45) is 0.312. The highest BCUT2D eigenvalue weighted by Gasteiger charge is 2.36. The predicted molar refractivity (Wildman–Crippen MR) is 70.9 cm³/mol. The Morgan fingerprint density at radius 1 is 1.43 bits per heavy atom. The summed E-state index contributed by atoms with van der Waals surface area (Å²) in [5.74, 6) is -0.105. The van der Waals surface area contributed by atoms with E-state index in [0.717, 1.165) is 0 Å². The number of rotatable bonds is 2. The summed E-state index contributed by atoms with van der Waals surface area (Å²) in [6.45, 7) is 0.299. The molecule has 2 aliphatic heterocycles. The lowest BCUT2D eigenvalue weighted by Gasteiger charge is -2.20. The van der Waals surface area contributed by atoms with Crippen LogP contribution < -0.4 is 9.64 Å². The number of Topliss-reactive ketones (excluding diaryl/α,β-unsaturated/α-hetero) is 1. The number of esters is 1. The molecule has 1 unspecified atom stereocenters. The van der Waals surface area contributed by atoms with E-state index in [-0.39, 0.29) is 37.7 Å². The average molecular weight is 290 g/mol. The van der Waals surface area contributed by atoms with Gasteiger partial charge in [0.1, 0.15) is 18.2 Å². The number of amides is 1. The molecular formula is C14H14N2O5. The molecule has 7 nitrogen and oxygen atoms in total. The molecular weight excluding hydrogens is 276 g/mol. The van der Waals surface area contributed by atoms with E-state index in [9.17, 15) is 14.4 Å². The molecule has 1 fully saturated rings. The summed E-state index contributed by atoms with van der Waals surface area (Å²) >= 11 is 0. The normalized spacial score (nSPS) is 21.0. The second-order valence-electron chi connectivity index (χ2n) is 5.05. The van der Waals surface area contributed by atoms with Gasteiger partial charge in [0.15, 0.2) is 5.78 Å². The van der Waals surface area contributed by atoms with Crippen LogP contribution in [0.5, 0.6) is 5.75 Å². The molecule has 110 valence electrons. The molecule has 3 heterocycles. The first-order valence-corrected chi connectivity index (χ1v) is 6.61. The lowest BCUT2D eigenvalue weighted by Crippen LogP contribution is -2.28. The van der Waals surface area contributed by atoms with Gasteiger partial charge in [-0.25, -0.2) is 4.98 Å². The van der Waals surface area contributed by atoms with E-state index < -0.39 is 11.9 Å². The van der Waals surface area contributed by atoms with Crippen molar-refractivity contribution in [3.8, 4) is 5.75 Å². The van der Waals surface area contributed by atoms with Crippen molar-refractivity contribution >= 4 is 23.5 Å². The van der Waals surface area contributed by atoms with Crippen LogP contribution in [0.3, 0.4) is 0 Å². The quantitative estimate of drug-likeness (QED) is 0.719. The minimum atomic E-state index is -0.474. The summed E-state index contributed by atoms with van der Waals surface area (Å²) in [5, 5.41) is 0. The fourth-order valence-corrected chi connectivity index (χ4v) is 2.54. The van der Waals surface area contributed by atoms with E-state index in [2.05, 4.69) is 9.72 Å². The summed E-state index contributed by atoms with van der Waals surface area (Å²) in [7, 11) is 1.30. The van der Waals surface area contributed by atoms with Crippen molar-refractivity contribution < 1.29 is 23.9 Å². The van der Waals surface area contributed by atoms with E-state index >= 15 is 0 Å². The Morgan fingerprint density at radius 2 is 2.24 bits per heavy atom. The number of ether oxygens (including phenoxy) is 2. The van der Waals surface area contributed by atoms with Crippen molar-refractivity contribution in [2.75, 3.05) is 25.2 Å². The van der Waals surface area contributed by atoms with Crippen molar-refractivity contribution in [2.45, 2.75) is 12.8 Å². The number of ketones is 1. The topological polar surface area (TPSA) is 85.8 Å². The highest BCUT2D eigenvalue weighted by atomic mass is 16.5. The predicted octanol–water partition coefficient (Wildman–Crippen LogP) is 0.111. The maximum Gasteiger partial charge on any atom is 0.311 e. The summed E-state index contributed by atoms with van der Waals surface area (Å²) < 4.78 is 9.94. The van der Waals surface area contributed by atoms with E-state index in [1.165, 1.54) is 12.0 Å². The van der Waals surface area contributed by atoms with Gasteiger partial charge in [-0.1, -0.05) is 0 Å². The molecule has 1 amide bonds. The molecule has 2 aliphatic rings. The van der Waals surface area contributed by atoms with Gasteiger partial charge in [-0.05, 0) is 12.1 Å². The van der Waals surface area contributed by atoms with Crippen LogP contribution in [0.1, 0.15) is 12.1 Å². The molecule has 21 heavy (non-hydrogen) atoms. The molecule has 0 aromatic carbocycles. The van der Waals surface area contributed by atoms with Crippen LogP contribution in [0.2, 0.25) is 0 Å². The van der Waals surface area contributed by atoms with Crippen LogP contribution in [0.4, 0.5) is 5.82 Å². The van der Waals surface area contributed by atoms with Gasteiger partial charge in [0.05, 0.1) is 25.1 Å². The number of methoxy groups -OCH3 is 1.